The van der Waals surface area contributed by atoms with Gasteiger partial charge in [0, 0.05) is 16.1 Å². The molecule has 2 aromatic heterocycles. The first-order valence-electron chi connectivity index (χ1n) is 9.22. The summed E-state index contributed by atoms with van der Waals surface area (Å²) in [6.45, 7) is 0.394. The van der Waals surface area contributed by atoms with Crippen molar-refractivity contribution in [2.45, 2.75) is 25.8 Å². The first-order chi connectivity index (χ1) is 14.4. The maximum Gasteiger partial charge on any atom is 0.341 e. The summed E-state index contributed by atoms with van der Waals surface area (Å²) in [5, 5.41) is 11.8. The second kappa shape index (κ2) is 8.71. The molecule has 2 heterocycles. The van der Waals surface area contributed by atoms with Crippen LogP contribution >= 0.6 is 35.2 Å². The number of fused-ring (bicyclic) bond motifs is 1. The van der Waals surface area contributed by atoms with E-state index in [4.69, 9.17) is 28.6 Å². The fraction of sp³-hybridized carbons (Fsp3) is 0.250. The number of hydrogen-bond acceptors (Lipinski definition) is 5. The number of carbonyl (C=O) groups is 1. The molecule has 1 aromatic carbocycles. The molecule has 1 aliphatic rings. The predicted molar refractivity (Wildman–Crippen MR) is 120 cm³/mol. The van der Waals surface area contributed by atoms with Gasteiger partial charge in [-0.2, -0.15) is 5.10 Å². The Hall–Kier alpha value is -2.49. The van der Waals surface area contributed by atoms with E-state index < -0.39 is 0 Å². The number of ether oxygens (including phenoxy) is 1. The van der Waals surface area contributed by atoms with Crippen molar-refractivity contribution in [3.63, 3.8) is 0 Å². The molecule has 0 radical (unpaired) electrons. The SMILES string of the molecule is COC(=O)c1c(NC(=S)Nc2cnn(Cc3ccc(F)cc3Cl)c2)sc2c1CCC2. The van der Waals surface area contributed by atoms with E-state index in [2.05, 4.69) is 15.7 Å². The number of carbonyl (C=O) groups excluding carboxylic acids is 1. The molecular weight excluding hydrogens is 447 g/mol. The van der Waals surface area contributed by atoms with Gasteiger partial charge in [0.25, 0.3) is 0 Å². The number of thiophene rings is 1. The zero-order valence-electron chi connectivity index (χ0n) is 16.0. The molecule has 0 aliphatic heterocycles. The first-order valence-corrected chi connectivity index (χ1v) is 10.8. The Morgan fingerprint density at radius 1 is 1.40 bits per heavy atom. The molecule has 0 atom stereocenters. The summed E-state index contributed by atoms with van der Waals surface area (Å²) in [7, 11) is 1.38. The Morgan fingerprint density at radius 3 is 3.00 bits per heavy atom. The van der Waals surface area contributed by atoms with Gasteiger partial charge in [0.05, 0.1) is 31.1 Å². The van der Waals surface area contributed by atoms with Crippen LogP contribution in [-0.4, -0.2) is 28.0 Å². The summed E-state index contributed by atoms with van der Waals surface area (Å²) >= 11 is 13.0. The molecule has 0 unspecified atom stereocenters. The van der Waals surface area contributed by atoms with Crippen molar-refractivity contribution in [1.82, 2.24) is 9.78 Å². The summed E-state index contributed by atoms with van der Waals surface area (Å²) in [4.78, 5) is 13.5. The Kier molecular flexibility index (Phi) is 6.03. The van der Waals surface area contributed by atoms with E-state index >= 15 is 0 Å². The van der Waals surface area contributed by atoms with Crippen molar-refractivity contribution in [2.24, 2.45) is 0 Å². The fourth-order valence-electron chi connectivity index (χ4n) is 3.41. The molecule has 4 rings (SSSR count). The molecule has 0 spiro atoms. The normalized spacial score (nSPS) is 12.5. The lowest BCUT2D eigenvalue weighted by atomic mass is 10.1. The van der Waals surface area contributed by atoms with E-state index in [0.717, 1.165) is 30.4 Å². The molecule has 0 saturated heterocycles. The Labute approximate surface area is 187 Å². The highest BCUT2D eigenvalue weighted by Gasteiger charge is 2.27. The van der Waals surface area contributed by atoms with Gasteiger partial charge >= 0.3 is 5.97 Å². The summed E-state index contributed by atoms with van der Waals surface area (Å²) in [5.41, 5.74) is 3.06. The van der Waals surface area contributed by atoms with E-state index in [9.17, 15) is 9.18 Å². The van der Waals surface area contributed by atoms with Gasteiger partial charge < -0.3 is 15.4 Å². The minimum absolute atomic E-state index is 0.346. The van der Waals surface area contributed by atoms with Crippen LogP contribution in [0.2, 0.25) is 5.02 Å². The molecule has 6 nitrogen and oxygen atoms in total. The topological polar surface area (TPSA) is 68.2 Å². The van der Waals surface area contributed by atoms with Crippen LogP contribution in [0.1, 0.15) is 32.8 Å². The lowest BCUT2D eigenvalue weighted by Gasteiger charge is -2.10. The van der Waals surface area contributed by atoms with E-state index in [0.29, 0.717) is 32.9 Å². The average molecular weight is 465 g/mol. The lowest BCUT2D eigenvalue weighted by Crippen LogP contribution is -2.20. The van der Waals surface area contributed by atoms with Crippen molar-refractivity contribution < 1.29 is 13.9 Å². The zero-order chi connectivity index (χ0) is 21.3. The number of aromatic nitrogens is 2. The third-order valence-electron chi connectivity index (χ3n) is 4.78. The first kappa shape index (κ1) is 20.8. The third kappa shape index (κ3) is 4.33. The molecule has 0 fully saturated rings. The number of aryl methyl sites for hydroxylation is 1. The van der Waals surface area contributed by atoms with Gasteiger partial charge in [-0.15, -0.1) is 11.3 Å². The Bertz CT molecular complexity index is 1130. The van der Waals surface area contributed by atoms with Crippen LogP contribution in [0.15, 0.2) is 30.6 Å². The number of halogens is 2. The molecule has 156 valence electrons. The van der Waals surface area contributed by atoms with Gasteiger partial charge in [-0.3, -0.25) is 4.68 Å². The number of nitrogens with zero attached hydrogens (tertiary/aromatic N) is 2. The summed E-state index contributed by atoms with van der Waals surface area (Å²) in [6, 6.07) is 4.26. The van der Waals surface area contributed by atoms with Crippen LogP contribution < -0.4 is 10.6 Å². The van der Waals surface area contributed by atoms with E-state index in [1.54, 1.807) is 23.1 Å². The van der Waals surface area contributed by atoms with Crippen LogP contribution in [0.4, 0.5) is 15.1 Å². The number of thiocarbonyl (C=S) groups is 1. The summed E-state index contributed by atoms with van der Waals surface area (Å²) in [6.07, 6.45) is 6.27. The van der Waals surface area contributed by atoms with Gasteiger partial charge in [0.2, 0.25) is 0 Å². The number of benzene rings is 1. The monoisotopic (exact) mass is 464 g/mol. The van der Waals surface area contributed by atoms with Gasteiger partial charge in [-0.05, 0) is 54.7 Å². The number of methoxy groups -OCH3 is 1. The zero-order valence-corrected chi connectivity index (χ0v) is 18.4. The van der Waals surface area contributed by atoms with Crippen molar-refractivity contribution in [3.05, 3.63) is 63.0 Å². The molecule has 3 aromatic rings. The molecule has 2 N–H and O–H groups in total. The van der Waals surface area contributed by atoms with Crippen LogP contribution in [0.3, 0.4) is 0 Å². The van der Waals surface area contributed by atoms with Gasteiger partial charge in [-0.1, -0.05) is 17.7 Å². The Balaban J connectivity index is 1.44. The quantitative estimate of drug-likeness (QED) is 0.415. The number of hydrogen-bond donors (Lipinski definition) is 2. The van der Waals surface area contributed by atoms with Crippen molar-refractivity contribution in [2.75, 3.05) is 17.7 Å². The number of esters is 1. The van der Waals surface area contributed by atoms with Gasteiger partial charge in [-0.25, -0.2) is 9.18 Å². The summed E-state index contributed by atoms with van der Waals surface area (Å²) < 4.78 is 19.8. The highest BCUT2D eigenvalue weighted by Crippen LogP contribution is 2.39. The minimum Gasteiger partial charge on any atom is -0.465 e. The molecule has 0 amide bonds. The fourth-order valence-corrected chi connectivity index (χ4v) is 5.21. The number of nitrogens with one attached hydrogen (secondary N) is 2. The lowest BCUT2D eigenvalue weighted by molar-refractivity contribution is 0.0601. The number of rotatable bonds is 5. The molecule has 0 bridgehead atoms. The standard InChI is InChI=1S/C20H18ClFN4O2S2/c1-28-19(27)17-14-3-2-4-16(14)30-18(17)25-20(29)24-13-8-23-26(10-13)9-11-5-6-12(22)7-15(11)21/h5-8,10H,2-4,9H2,1H3,(H2,24,25,29). The van der Waals surface area contributed by atoms with E-state index in [1.165, 1.54) is 35.5 Å². The highest BCUT2D eigenvalue weighted by atomic mass is 35.5. The molecular formula is C20H18ClFN4O2S2. The van der Waals surface area contributed by atoms with Crippen LogP contribution in [-0.2, 0) is 24.1 Å². The van der Waals surface area contributed by atoms with Gasteiger partial charge in [0.1, 0.15) is 10.8 Å². The van der Waals surface area contributed by atoms with Crippen molar-refractivity contribution in [3.8, 4) is 0 Å². The van der Waals surface area contributed by atoms with Crippen LogP contribution in [0, 0.1) is 5.82 Å². The minimum atomic E-state index is -0.381. The molecule has 1 aliphatic carbocycles. The van der Waals surface area contributed by atoms with E-state index in [1.807, 2.05) is 0 Å². The number of anilines is 2. The highest BCUT2D eigenvalue weighted by molar-refractivity contribution is 7.80. The van der Waals surface area contributed by atoms with Crippen LogP contribution in [0.25, 0.3) is 0 Å². The predicted octanol–water partition coefficient (Wildman–Crippen LogP) is 4.87. The Morgan fingerprint density at radius 2 is 2.23 bits per heavy atom. The third-order valence-corrected chi connectivity index (χ3v) is 6.54. The maximum atomic E-state index is 13.2. The molecule has 30 heavy (non-hydrogen) atoms. The summed E-state index contributed by atoms with van der Waals surface area (Å²) in [5.74, 6) is -0.738. The molecule has 10 heteroatoms. The average Bonchev–Trinajstić information content (AvgIpc) is 3.40. The second-order valence-electron chi connectivity index (χ2n) is 6.79. The van der Waals surface area contributed by atoms with Crippen molar-refractivity contribution in [1.29, 1.82) is 0 Å². The largest absolute Gasteiger partial charge is 0.465 e. The second-order valence-corrected chi connectivity index (χ2v) is 8.72. The van der Waals surface area contributed by atoms with Crippen LogP contribution in [0.5, 0.6) is 0 Å². The molecule has 0 saturated carbocycles. The maximum absolute atomic E-state index is 13.2. The smallest absolute Gasteiger partial charge is 0.341 e. The van der Waals surface area contributed by atoms with Gasteiger partial charge in [0.15, 0.2) is 5.11 Å². The van der Waals surface area contributed by atoms with E-state index in [-0.39, 0.29) is 11.8 Å². The van der Waals surface area contributed by atoms with Crippen molar-refractivity contribution >= 4 is 56.9 Å².